The molecule has 0 radical (unpaired) electrons. The molecule has 1 N–H and O–H groups in total. The molecule has 0 aliphatic carbocycles. The molecule has 0 atom stereocenters. The van der Waals surface area contributed by atoms with Crippen molar-refractivity contribution in [2.75, 3.05) is 19.0 Å². The van der Waals surface area contributed by atoms with E-state index in [0.29, 0.717) is 0 Å². The number of hydrogen-bond acceptors (Lipinski definition) is 5. The number of aromatic nitrogens is 2. The molecule has 6 heteroatoms. The van der Waals surface area contributed by atoms with Gasteiger partial charge in [0.1, 0.15) is 0 Å². The van der Waals surface area contributed by atoms with Crippen LogP contribution < -0.4 is 5.43 Å². The molecule has 1 aliphatic heterocycles. The highest BCUT2D eigenvalue weighted by molar-refractivity contribution is 5.79. The van der Waals surface area contributed by atoms with E-state index in [2.05, 4.69) is 45.1 Å². The molecule has 0 fully saturated rings. The van der Waals surface area contributed by atoms with Crippen LogP contribution in [0.2, 0.25) is 0 Å². The minimum Gasteiger partial charge on any atom is -0.444 e. The summed E-state index contributed by atoms with van der Waals surface area (Å²) in [6.45, 7) is 2.12. The van der Waals surface area contributed by atoms with Gasteiger partial charge in [0.25, 0.3) is 0 Å². The average Bonchev–Trinajstić information content (AvgIpc) is 3.25. The zero-order valence-electron chi connectivity index (χ0n) is 14.4. The maximum absolute atomic E-state index is 5.29. The number of rotatable bonds is 4. The molecule has 0 amide bonds. The summed E-state index contributed by atoms with van der Waals surface area (Å²) in [4.78, 5) is 6.28. The number of oxazole rings is 1. The van der Waals surface area contributed by atoms with Crippen LogP contribution in [0, 0.1) is 0 Å². The lowest BCUT2D eigenvalue weighted by molar-refractivity contribution is 0.309. The van der Waals surface area contributed by atoms with Crippen LogP contribution in [-0.4, -0.2) is 34.3 Å². The Kier molecular flexibility index (Phi) is 4.11. The number of anilines is 1. The fourth-order valence-electron chi connectivity index (χ4n) is 3.23. The quantitative estimate of drug-likeness (QED) is 0.588. The van der Waals surface area contributed by atoms with Gasteiger partial charge in [0.2, 0.25) is 0 Å². The van der Waals surface area contributed by atoms with Crippen LogP contribution in [0.4, 0.5) is 5.69 Å². The van der Waals surface area contributed by atoms with E-state index in [1.165, 1.54) is 17.7 Å². The lowest BCUT2D eigenvalue weighted by atomic mass is 10.1. The number of hydrogen-bond donors (Lipinski definition) is 1. The molecule has 0 saturated carbocycles. The van der Waals surface area contributed by atoms with E-state index in [1.807, 2.05) is 30.5 Å². The molecule has 6 nitrogen and oxygen atoms in total. The highest BCUT2D eigenvalue weighted by atomic mass is 16.3. The lowest BCUT2D eigenvalue weighted by Gasteiger charge is -2.23. The van der Waals surface area contributed by atoms with Crippen LogP contribution in [0.15, 0.2) is 52.4 Å². The van der Waals surface area contributed by atoms with Gasteiger partial charge in [0, 0.05) is 37.8 Å². The van der Waals surface area contributed by atoms with Crippen LogP contribution in [0.1, 0.15) is 17.0 Å². The van der Waals surface area contributed by atoms with Crippen LogP contribution in [0.25, 0.3) is 11.3 Å². The first kappa shape index (κ1) is 15.7. The molecule has 0 saturated heterocycles. The SMILES string of the molecule is CN1CCc2c(cc(C=NNc3ccc(-c4cnco4)cc3)n2C)C1. The third-order valence-corrected chi connectivity index (χ3v) is 4.65. The molecule has 3 heterocycles. The number of likely N-dealkylation sites (N-methyl/N-ethyl adjacent to an activating group) is 1. The minimum absolute atomic E-state index is 0.759. The van der Waals surface area contributed by atoms with Crippen molar-refractivity contribution in [1.82, 2.24) is 14.5 Å². The van der Waals surface area contributed by atoms with Gasteiger partial charge in [0.05, 0.1) is 23.8 Å². The Hall–Kier alpha value is -2.86. The fourth-order valence-corrected chi connectivity index (χ4v) is 3.23. The average molecular weight is 335 g/mol. The van der Waals surface area contributed by atoms with Crippen molar-refractivity contribution in [2.45, 2.75) is 13.0 Å². The van der Waals surface area contributed by atoms with Crippen LogP contribution >= 0.6 is 0 Å². The van der Waals surface area contributed by atoms with Gasteiger partial charge in [-0.05, 0) is 42.9 Å². The van der Waals surface area contributed by atoms with Gasteiger partial charge in [-0.1, -0.05) is 0 Å². The summed E-state index contributed by atoms with van der Waals surface area (Å²) in [5.74, 6) is 0.759. The molecule has 0 bridgehead atoms. The predicted octanol–water partition coefficient (Wildman–Crippen LogP) is 3.11. The van der Waals surface area contributed by atoms with Gasteiger partial charge in [-0.25, -0.2) is 4.98 Å². The van der Waals surface area contributed by atoms with Crippen LogP contribution in [0.3, 0.4) is 0 Å². The lowest BCUT2D eigenvalue weighted by Crippen LogP contribution is -2.26. The molecule has 0 spiro atoms. The maximum Gasteiger partial charge on any atom is 0.181 e. The predicted molar refractivity (Wildman–Crippen MR) is 98.6 cm³/mol. The minimum atomic E-state index is 0.759. The summed E-state index contributed by atoms with van der Waals surface area (Å²) in [6, 6.07) is 10.1. The number of nitrogens with zero attached hydrogens (tertiary/aromatic N) is 4. The fraction of sp³-hybridized carbons (Fsp3) is 0.263. The Morgan fingerprint density at radius 3 is 2.84 bits per heavy atom. The monoisotopic (exact) mass is 335 g/mol. The molecule has 3 aromatic rings. The van der Waals surface area contributed by atoms with Crippen molar-refractivity contribution in [2.24, 2.45) is 12.1 Å². The van der Waals surface area contributed by atoms with Gasteiger partial charge in [-0.2, -0.15) is 5.10 Å². The first-order valence-corrected chi connectivity index (χ1v) is 8.35. The second-order valence-electron chi connectivity index (χ2n) is 6.40. The summed E-state index contributed by atoms with van der Waals surface area (Å²) in [6.07, 6.45) is 6.10. The summed E-state index contributed by atoms with van der Waals surface area (Å²) in [5, 5.41) is 4.38. The van der Waals surface area contributed by atoms with Crippen molar-refractivity contribution in [3.8, 4) is 11.3 Å². The molecule has 25 heavy (non-hydrogen) atoms. The third kappa shape index (κ3) is 3.21. The van der Waals surface area contributed by atoms with Gasteiger partial charge in [-0.15, -0.1) is 0 Å². The summed E-state index contributed by atoms with van der Waals surface area (Å²) >= 11 is 0. The number of benzene rings is 1. The Labute approximate surface area is 146 Å². The topological polar surface area (TPSA) is 58.6 Å². The van der Waals surface area contributed by atoms with E-state index < -0.39 is 0 Å². The molecule has 128 valence electrons. The molecule has 4 rings (SSSR count). The largest absolute Gasteiger partial charge is 0.444 e. The standard InChI is InChI=1S/C19H21N5O/c1-23-8-7-18-15(12-23)9-17(24(18)2)10-21-22-16-5-3-14(4-6-16)19-11-20-13-25-19/h3-6,9-11,13,22H,7-8,12H2,1-2H3. The first-order chi connectivity index (χ1) is 12.2. The molecule has 2 aromatic heterocycles. The molecular formula is C19H21N5O. The van der Waals surface area contributed by atoms with E-state index in [4.69, 9.17) is 4.42 Å². The van der Waals surface area contributed by atoms with Gasteiger partial charge < -0.3 is 13.9 Å². The van der Waals surface area contributed by atoms with E-state index >= 15 is 0 Å². The Bertz CT molecular complexity index is 877. The molecule has 1 aromatic carbocycles. The summed E-state index contributed by atoms with van der Waals surface area (Å²) in [7, 11) is 4.27. The number of nitrogens with one attached hydrogen (secondary N) is 1. The van der Waals surface area contributed by atoms with Crippen molar-refractivity contribution < 1.29 is 4.42 Å². The number of hydrazone groups is 1. The highest BCUT2D eigenvalue weighted by Gasteiger charge is 2.17. The Balaban J connectivity index is 1.45. The van der Waals surface area contributed by atoms with Crippen LogP contribution in [0.5, 0.6) is 0 Å². The van der Waals surface area contributed by atoms with E-state index in [-0.39, 0.29) is 0 Å². The zero-order valence-corrected chi connectivity index (χ0v) is 14.4. The van der Waals surface area contributed by atoms with Crippen molar-refractivity contribution in [1.29, 1.82) is 0 Å². The zero-order chi connectivity index (χ0) is 17.2. The van der Waals surface area contributed by atoms with Crippen LogP contribution in [-0.2, 0) is 20.0 Å². The van der Waals surface area contributed by atoms with E-state index in [1.54, 1.807) is 6.20 Å². The van der Waals surface area contributed by atoms with Crippen molar-refractivity contribution in [3.63, 3.8) is 0 Å². The summed E-state index contributed by atoms with van der Waals surface area (Å²) < 4.78 is 7.53. The van der Waals surface area contributed by atoms with Crippen molar-refractivity contribution in [3.05, 3.63) is 59.9 Å². The van der Waals surface area contributed by atoms with Gasteiger partial charge in [-0.3, -0.25) is 5.43 Å². The third-order valence-electron chi connectivity index (χ3n) is 4.65. The Morgan fingerprint density at radius 2 is 2.08 bits per heavy atom. The smallest absolute Gasteiger partial charge is 0.181 e. The maximum atomic E-state index is 5.29. The van der Waals surface area contributed by atoms with E-state index in [0.717, 1.165) is 42.2 Å². The normalized spacial score (nSPS) is 14.8. The van der Waals surface area contributed by atoms with E-state index in [9.17, 15) is 0 Å². The second kappa shape index (κ2) is 6.57. The second-order valence-corrected chi connectivity index (χ2v) is 6.40. The molecular weight excluding hydrogens is 314 g/mol. The van der Waals surface area contributed by atoms with Gasteiger partial charge in [0.15, 0.2) is 12.2 Å². The molecule has 0 unspecified atom stereocenters. The van der Waals surface area contributed by atoms with Crippen molar-refractivity contribution >= 4 is 11.9 Å². The highest BCUT2D eigenvalue weighted by Crippen LogP contribution is 2.22. The summed E-state index contributed by atoms with van der Waals surface area (Å²) in [5.41, 5.74) is 8.93. The Morgan fingerprint density at radius 1 is 1.24 bits per heavy atom. The first-order valence-electron chi connectivity index (χ1n) is 8.35. The van der Waals surface area contributed by atoms with Gasteiger partial charge >= 0.3 is 0 Å². The molecule has 1 aliphatic rings. The number of fused-ring (bicyclic) bond motifs is 1.